The molecule has 3 heterocycles. The predicted octanol–water partition coefficient (Wildman–Crippen LogP) is 3.79. The number of aryl methyl sites for hydroxylation is 1. The largest absolute Gasteiger partial charge is 0.350 e. The summed E-state index contributed by atoms with van der Waals surface area (Å²) in [6.07, 6.45) is 1.91. The molecule has 4 nitrogen and oxygen atoms in total. The van der Waals surface area contributed by atoms with Crippen LogP contribution in [0.3, 0.4) is 0 Å². The van der Waals surface area contributed by atoms with Crippen molar-refractivity contribution < 1.29 is 4.79 Å². The van der Waals surface area contributed by atoms with Gasteiger partial charge < -0.3 is 10.6 Å². The summed E-state index contributed by atoms with van der Waals surface area (Å²) >= 11 is 0. The van der Waals surface area contributed by atoms with Crippen molar-refractivity contribution in [1.29, 1.82) is 0 Å². The summed E-state index contributed by atoms with van der Waals surface area (Å²) in [6.45, 7) is 10.6. The average Bonchev–Trinajstić information content (AvgIpc) is 3.07. The van der Waals surface area contributed by atoms with Gasteiger partial charge in [-0.2, -0.15) is 0 Å². The Hall–Kier alpha value is -2.17. The van der Waals surface area contributed by atoms with Crippen LogP contribution < -0.4 is 10.6 Å². The first-order chi connectivity index (χ1) is 15.5. The van der Waals surface area contributed by atoms with E-state index in [-0.39, 0.29) is 11.8 Å². The van der Waals surface area contributed by atoms with Gasteiger partial charge in [-0.1, -0.05) is 74.0 Å². The van der Waals surface area contributed by atoms with Crippen LogP contribution >= 0.6 is 0 Å². The zero-order valence-electron chi connectivity index (χ0n) is 19.7. The monoisotopic (exact) mass is 431 g/mol. The molecule has 32 heavy (non-hydrogen) atoms. The normalized spacial score (nSPS) is 31.2. The maximum Gasteiger partial charge on any atom is 0.240 e. The minimum absolute atomic E-state index is 0.193. The quantitative estimate of drug-likeness (QED) is 0.701. The fraction of sp³-hybridized carbons (Fsp3) is 0.536. The molecule has 2 aromatic carbocycles. The Morgan fingerprint density at radius 2 is 1.94 bits per heavy atom. The number of hydrogen-bond donors (Lipinski definition) is 2. The molecule has 3 saturated heterocycles. The molecule has 170 valence electrons. The van der Waals surface area contributed by atoms with Crippen LogP contribution in [-0.2, 0) is 17.8 Å². The van der Waals surface area contributed by atoms with Crippen LogP contribution in [0.2, 0.25) is 0 Å². The number of carbonyl (C=O) groups is 1. The molecule has 3 aliphatic heterocycles. The van der Waals surface area contributed by atoms with Gasteiger partial charge in [0.15, 0.2) is 0 Å². The van der Waals surface area contributed by atoms with Crippen LogP contribution in [-0.4, -0.2) is 42.0 Å². The van der Waals surface area contributed by atoms with E-state index in [4.69, 9.17) is 0 Å². The Morgan fingerprint density at radius 1 is 1.16 bits per heavy atom. The van der Waals surface area contributed by atoms with Gasteiger partial charge >= 0.3 is 0 Å². The van der Waals surface area contributed by atoms with E-state index >= 15 is 0 Å². The van der Waals surface area contributed by atoms with Crippen molar-refractivity contribution in [2.24, 2.45) is 23.7 Å². The maximum atomic E-state index is 13.9. The molecular weight excluding hydrogens is 394 g/mol. The summed E-state index contributed by atoms with van der Waals surface area (Å²) in [7, 11) is 0. The SMILES string of the molecule is Cc1cccc(C[C@@H]2[C@@H]3[C@@H]4CN[C@@]2(C(=O)NCc2ccccc2)C[C@@H]4CN3CC(C)C)c1. The highest BCUT2D eigenvalue weighted by Gasteiger charge is 2.64. The minimum Gasteiger partial charge on any atom is -0.350 e. The highest BCUT2D eigenvalue weighted by molar-refractivity contribution is 5.87. The summed E-state index contributed by atoms with van der Waals surface area (Å²) in [4.78, 5) is 16.6. The highest BCUT2D eigenvalue weighted by atomic mass is 16.2. The van der Waals surface area contributed by atoms with Crippen molar-refractivity contribution in [2.75, 3.05) is 19.6 Å². The third kappa shape index (κ3) is 3.88. The Labute approximate surface area is 192 Å². The van der Waals surface area contributed by atoms with Gasteiger partial charge in [0.1, 0.15) is 5.54 Å². The lowest BCUT2D eigenvalue weighted by atomic mass is 9.58. The smallest absolute Gasteiger partial charge is 0.240 e. The molecule has 4 fully saturated rings. The van der Waals surface area contributed by atoms with E-state index in [1.807, 2.05) is 18.2 Å². The van der Waals surface area contributed by atoms with Gasteiger partial charge in [0.05, 0.1) is 0 Å². The molecule has 1 aliphatic carbocycles. The molecule has 6 rings (SSSR count). The standard InChI is InChI=1S/C28H37N3O/c1-19(2)17-31-18-23-14-28(27(32)29-15-21-9-5-4-6-10-21)25(26(31)24(23)16-30-28)13-22-11-7-8-20(3)12-22/h4-12,19,23-26,30H,13-18H2,1-3H3,(H,29,32)/t23-,24-,25-,26+,28+/m1/s1. The maximum absolute atomic E-state index is 13.9. The number of rotatable bonds is 7. The fourth-order valence-corrected chi connectivity index (χ4v) is 6.85. The summed E-state index contributed by atoms with van der Waals surface area (Å²) in [5.74, 6) is 2.40. The molecule has 2 aromatic rings. The van der Waals surface area contributed by atoms with Crippen molar-refractivity contribution >= 4 is 5.91 Å². The average molecular weight is 432 g/mol. The van der Waals surface area contributed by atoms with Gasteiger partial charge in [-0.15, -0.1) is 0 Å². The van der Waals surface area contributed by atoms with Crippen molar-refractivity contribution in [1.82, 2.24) is 15.5 Å². The summed E-state index contributed by atoms with van der Waals surface area (Å²) < 4.78 is 0. The van der Waals surface area contributed by atoms with Crippen LogP contribution in [0.4, 0.5) is 0 Å². The third-order valence-electron chi connectivity index (χ3n) is 8.06. The van der Waals surface area contributed by atoms with Crippen LogP contribution in [0.1, 0.15) is 37.0 Å². The zero-order chi connectivity index (χ0) is 22.3. The Bertz CT molecular complexity index is 958. The van der Waals surface area contributed by atoms with E-state index < -0.39 is 5.54 Å². The minimum atomic E-state index is -0.478. The highest BCUT2D eigenvalue weighted by Crippen LogP contribution is 2.53. The first-order valence-corrected chi connectivity index (χ1v) is 12.3. The van der Waals surface area contributed by atoms with E-state index in [1.165, 1.54) is 11.1 Å². The molecule has 0 unspecified atom stereocenters. The second kappa shape index (κ2) is 8.64. The number of fused-ring (bicyclic) bond motifs is 1. The summed E-state index contributed by atoms with van der Waals surface area (Å²) in [6, 6.07) is 19.6. The van der Waals surface area contributed by atoms with Crippen molar-refractivity contribution in [2.45, 2.75) is 51.7 Å². The van der Waals surface area contributed by atoms with Crippen LogP contribution in [0.25, 0.3) is 0 Å². The predicted molar refractivity (Wildman–Crippen MR) is 129 cm³/mol. The van der Waals surface area contributed by atoms with Crippen molar-refractivity contribution in [3.8, 4) is 0 Å². The number of nitrogens with one attached hydrogen (secondary N) is 2. The molecule has 4 bridgehead atoms. The van der Waals surface area contributed by atoms with E-state index in [0.717, 1.165) is 38.0 Å². The number of benzene rings is 2. The molecule has 1 saturated carbocycles. The third-order valence-corrected chi connectivity index (χ3v) is 8.06. The number of hydrogen-bond acceptors (Lipinski definition) is 3. The Kier molecular flexibility index (Phi) is 5.85. The molecule has 0 spiro atoms. The Balaban J connectivity index is 1.45. The van der Waals surface area contributed by atoms with Crippen molar-refractivity contribution in [3.05, 3.63) is 71.3 Å². The summed E-state index contributed by atoms with van der Waals surface area (Å²) in [5.41, 5.74) is 3.32. The molecule has 0 aromatic heterocycles. The molecule has 5 atom stereocenters. The van der Waals surface area contributed by atoms with Crippen LogP contribution in [0, 0.1) is 30.6 Å². The second-order valence-electron chi connectivity index (χ2n) is 10.8. The summed E-state index contributed by atoms with van der Waals surface area (Å²) in [5, 5.41) is 7.11. The van der Waals surface area contributed by atoms with E-state index in [0.29, 0.717) is 30.3 Å². The van der Waals surface area contributed by atoms with Crippen LogP contribution in [0.5, 0.6) is 0 Å². The van der Waals surface area contributed by atoms with E-state index in [9.17, 15) is 4.79 Å². The number of likely N-dealkylation sites (tertiary alicyclic amines) is 1. The number of carbonyl (C=O) groups excluding carboxylic acids is 1. The van der Waals surface area contributed by atoms with Gasteiger partial charge in [0, 0.05) is 38.1 Å². The van der Waals surface area contributed by atoms with Gasteiger partial charge in [0.2, 0.25) is 5.91 Å². The molecule has 2 N–H and O–H groups in total. The first-order valence-electron chi connectivity index (χ1n) is 12.3. The molecule has 4 heteroatoms. The van der Waals surface area contributed by atoms with Gasteiger partial charge in [0.25, 0.3) is 0 Å². The van der Waals surface area contributed by atoms with Gasteiger partial charge in [-0.05, 0) is 48.6 Å². The number of piperidine rings is 2. The molecule has 0 radical (unpaired) electrons. The molecule has 4 aliphatic rings. The molecular formula is C28H37N3O. The fourth-order valence-electron chi connectivity index (χ4n) is 6.85. The van der Waals surface area contributed by atoms with E-state index in [1.54, 1.807) is 0 Å². The van der Waals surface area contributed by atoms with E-state index in [2.05, 4.69) is 72.7 Å². The van der Waals surface area contributed by atoms with Gasteiger partial charge in [-0.25, -0.2) is 0 Å². The molecule has 1 amide bonds. The zero-order valence-corrected chi connectivity index (χ0v) is 19.7. The lowest BCUT2D eigenvalue weighted by molar-refractivity contribution is -0.138. The van der Waals surface area contributed by atoms with Crippen LogP contribution in [0.15, 0.2) is 54.6 Å². The van der Waals surface area contributed by atoms with Gasteiger partial charge in [-0.3, -0.25) is 9.69 Å². The van der Waals surface area contributed by atoms with Crippen molar-refractivity contribution in [3.63, 3.8) is 0 Å². The Morgan fingerprint density at radius 3 is 2.69 bits per heavy atom. The topological polar surface area (TPSA) is 44.4 Å². The second-order valence-corrected chi connectivity index (χ2v) is 10.8. The lowest BCUT2D eigenvalue weighted by Gasteiger charge is -2.56. The number of amides is 1. The first kappa shape index (κ1) is 21.7. The lowest BCUT2D eigenvalue weighted by Crippen LogP contribution is -2.74. The number of nitrogens with zero attached hydrogens (tertiary/aromatic N) is 1.